The molecule has 2 aromatic rings. The molecule has 0 saturated carbocycles. The molecule has 1 heterocycles. The van der Waals surface area contributed by atoms with Gasteiger partial charge in [0, 0.05) is 38.7 Å². The number of aliphatic hydroxyl groups excluding tert-OH is 1. The minimum atomic E-state index is -3.62. The van der Waals surface area contributed by atoms with Gasteiger partial charge >= 0.3 is 0 Å². The Kier molecular flexibility index (Phi) is 5.40. The van der Waals surface area contributed by atoms with E-state index in [1.54, 1.807) is 7.05 Å². The van der Waals surface area contributed by atoms with E-state index in [0.29, 0.717) is 0 Å². The predicted molar refractivity (Wildman–Crippen MR) is 94.4 cm³/mol. The zero-order valence-electron chi connectivity index (χ0n) is 13.9. The maximum Gasteiger partial charge on any atom is 0.277 e. The van der Waals surface area contributed by atoms with Crippen molar-refractivity contribution in [2.75, 3.05) is 31.4 Å². The van der Waals surface area contributed by atoms with Gasteiger partial charge in [0.2, 0.25) is 5.78 Å². The minimum Gasteiger partial charge on any atom is -0.395 e. The van der Waals surface area contributed by atoms with Crippen LogP contribution in [0.4, 0.5) is 5.69 Å². The molecule has 0 saturated heterocycles. The monoisotopic (exact) mass is 387 g/mol. The third kappa shape index (κ3) is 3.63. The van der Waals surface area contributed by atoms with Crippen molar-refractivity contribution in [3.05, 3.63) is 44.8 Å². The SMILES string of the molecule is CN(CCO)c1c(S(C)(=O)=O)ccc(C(=O)c2c[nH]n(C)c2=O)c1Cl. The average Bonchev–Trinajstić information content (AvgIpc) is 2.85. The van der Waals surface area contributed by atoms with Gasteiger partial charge in [-0.25, -0.2) is 8.42 Å². The van der Waals surface area contributed by atoms with Gasteiger partial charge in [-0.05, 0) is 12.1 Å². The number of hydrogen-bond donors (Lipinski definition) is 2. The molecule has 0 aliphatic heterocycles. The highest BCUT2D eigenvalue weighted by molar-refractivity contribution is 7.90. The minimum absolute atomic E-state index is 0.00514. The molecule has 10 heteroatoms. The Morgan fingerprint density at radius 1 is 1.36 bits per heavy atom. The van der Waals surface area contributed by atoms with Gasteiger partial charge in [-0.1, -0.05) is 11.6 Å². The summed E-state index contributed by atoms with van der Waals surface area (Å²) in [5, 5.41) is 11.6. The van der Waals surface area contributed by atoms with Crippen LogP contribution >= 0.6 is 11.6 Å². The lowest BCUT2D eigenvalue weighted by atomic mass is 10.0. The van der Waals surface area contributed by atoms with Crippen LogP contribution in [0.2, 0.25) is 5.02 Å². The molecule has 2 rings (SSSR count). The number of carbonyl (C=O) groups excluding carboxylic acids is 1. The average molecular weight is 388 g/mol. The molecule has 1 aromatic carbocycles. The van der Waals surface area contributed by atoms with E-state index in [-0.39, 0.29) is 39.9 Å². The van der Waals surface area contributed by atoms with Crippen molar-refractivity contribution in [1.29, 1.82) is 0 Å². The molecule has 136 valence electrons. The fraction of sp³-hybridized carbons (Fsp3) is 0.333. The molecule has 0 aliphatic carbocycles. The maximum atomic E-state index is 12.7. The van der Waals surface area contributed by atoms with Crippen LogP contribution in [0.3, 0.4) is 0 Å². The van der Waals surface area contributed by atoms with Crippen LogP contribution < -0.4 is 10.5 Å². The van der Waals surface area contributed by atoms with Crippen molar-refractivity contribution in [3.63, 3.8) is 0 Å². The van der Waals surface area contributed by atoms with Gasteiger partial charge in [-0.2, -0.15) is 0 Å². The van der Waals surface area contributed by atoms with Crippen molar-refractivity contribution in [3.8, 4) is 0 Å². The number of halogens is 1. The number of H-pyrrole nitrogens is 1. The Bertz CT molecular complexity index is 978. The summed E-state index contributed by atoms with van der Waals surface area (Å²) >= 11 is 6.33. The first kappa shape index (κ1) is 19.2. The molecule has 0 spiro atoms. The van der Waals surface area contributed by atoms with E-state index in [2.05, 4.69) is 5.10 Å². The van der Waals surface area contributed by atoms with Crippen LogP contribution in [-0.2, 0) is 16.9 Å². The van der Waals surface area contributed by atoms with E-state index in [1.165, 1.54) is 30.3 Å². The molecule has 0 atom stereocenters. The fourth-order valence-electron chi connectivity index (χ4n) is 2.41. The summed E-state index contributed by atoms with van der Waals surface area (Å²) in [6, 6.07) is 2.55. The molecule has 8 nitrogen and oxygen atoms in total. The smallest absolute Gasteiger partial charge is 0.277 e. The highest BCUT2D eigenvalue weighted by atomic mass is 35.5. The number of rotatable bonds is 6. The summed E-state index contributed by atoms with van der Waals surface area (Å²) in [6.45, 7) is -0.113. The number of aromatic nitrogens is 2. The second-order valence-corrected chi connectivity index (χ2v) is 7.93. The zero-order valence-corrected chi connectivity index (χ0v) is 15.5. The molecule has 0 aliphatic rings. The van der Waals surface area contributed by atoms with Gasteiger partial charge in [0.25, 0.3) is 5.56 Å². The number of carbonyl (C=O) groups is 1. The summed E-state index contributed by atoms with van der Waals surface area (Å²) in [5.41, 5.74) is -0.507. The number of sulfone groups is 1. The fourth-order valence-corrected chi connectivity index (χ4v) is 3.78. The molecule has 25 heavy (non-hydrogen) atoms. The summed E-state index contributed by atoms with van der Waals surface area (Å²) in [4.78, 5) is 26.0. The van der Waals surface area contributed by atoms with Gasteiger partial charge < -0.3 is 15.1 Å². The van der Waals surface area contributed by atoms with E-state index in [4.69, 9.17) is 16.7 Å². The highest BCUT2D eigenvalue weighted by Gasteiger charge is 2.26. The Balaban J connectivity index is 2.69. The van der Waals surface area contributed by atoms with Gasteiger partial charge in [0.1, 0.15) is 5.56 Å². The van der Waals surface area contributed by atoms with E-state index >= 15 is 0 Å². The lowest BCUT2D eigenvalue weighted by Crippen LogP contribution is -2.25. The number of nitrogens with zero attached hydrogens (tertiary/aromatic N) is 2. The molecule has 0 bridgehead atoms. The third-order valence-corrected chi connectivity index (χ3v) is 5.23. The first-order valence-electron chi connectivity index (χ1n) is 7.23. The number of benzene rings is 1. The number of aromatic amines is 1. The summed E-state index contributed by atoms with van der Waals surface area (Å²) in [7, 11) is -0.604. The molecule has 2 N–H and O–H groups in total. The van der Waals surface area contributed by atoms with Crippen LogP contribution in [0, 0.1) is 0 Å². The number of likely N-dealkylation sites (N-methyl/N-ethyl adjacent to an activating group) is 1. The normalized spacial score (nSPS) is 11.6. The van der Waals surface area contributed by atoms with Crippen molar-refractivity contribution < 1.29 is 18.3 Å². The predicted octanol–water partition coefficient (Wildman–Crippen LogP) is 0.430. The van der Waals surface area contributed by atoms with E-state index in [1.807, 2.05) is 0 Å². The largest absolute Gasteiger partial charge is 0.395 e. The third-order valence-electron chi connectivity index (χ3n) is 3.72. The van der Waals surface area contributed by atoms with Gasteiger partial charge in [0.05, 0.1) is 22.2 Å². The number of nitrogens with one attached hydrogen (secondary N) is 1. The highest BCUT2D eigenvalue weighted by Crippen LogP contribution is 2.36. The number of ketones is 1. The van der Waals surface area contributed by atoms with Crippen molar-refractivity contribution in [2.45, 2.75) is 4.90 Å². The molecule has 0 unspecified atom stereocenters. The topological polar surface area (TPSA) is 112 Å². The number of aryl methyl sites for hydroxylation is 1. The van der Waals surface area contributed by atoms with Crippen LogP contribution in [0.25, 0.3) is 0 Å². The number of hydrogen-bond acceptors (Lipinski definition) is 6. The van der Waals surface area contributed by atoms with E-state index in [9.17, 15) is 18.0 Å². The van der Waals surface area contributed by atoms with Crippen LogP contribution in [0.1, 0.15) is 15.9 Å². The van der Waals surface area contributed by atoms with Crippen LogP contribution in [-0.4, -0.2) is 55.5 Å². The summed E-state index contributed by atoms with van der Waals surface area (Å²) < 4.78 is 25.2. The van der Waals surface area contributed by atoms with Gasteiger partial charge in [-0.15, -0.1) is 0 Å². The van der Waals surface area contributed by atoms with Crippen molar-refractivity contribution in [2.24, 2.45) is 7.05 Å². The van der Waals surface area contributed by atoms with Crippen LogP contribution in [0.15, 0.2) is 28.0 Å². The van der Waals surface area contributed by atoms with E-state index < -0.39 is 21.2 Å². The molecule has 1 aromatic heterocycles. The van der Waals surface area contributed by atoms with Crippen LogP contribution in [0.5, 0.6) is 0 Å². The van der Waals surface area contributed by atoms with Gasteiger partial charge in [0.15, 0.2) is 9.84 Å². The Labute approximate surface area is 149 Å². The van der Waals surface area contributed by atoms with E-state index in [0.717, 1.165) is 10.9 Å². The Morgan fingerprint density at radius 3 is 2.48 bits per heavy atom. The first-order valence-corrected chi connectivity index (χ1v) is 9.50. The second kappa shape index (κ2) is 7.03. The quantitative estimate of drug-likeness (QED) is 0.695. The molecular formula is C15H18ClN3O5S. The standard InChI is InChI=1S/C15H18ClN3O5S/c1-18(6-7-20)13-11(25(3,23)24)5-4-9(12(13)16)14(21)10-8-17-19(2)15(10)22/h4-5,8,17,20H,6-7H2,1-3H3. The Morgan fingerprint density at radius 2 is 2.00 bits per heavy atom. The molecule has 0 fully saturated rings. The lowest BCUT2D eigenvalue weighted by Gasteiger charge is -2.23. The molecule has 0 radical (unpaired) electrons. The summed E-state index contributed by atoms with van der Waals surface area (Å²) in [5.74, 6) is -0.620. The first-order chi connectivity index (χ1) is 11.6. The second-order valence-electron chi connectivity index (χ2n) is 5.57. The van der Waals surface area contributed by atoms with Crippen molar-refractivity contribution >= 4 is 32.9 Å². The molecular weight excluding hydrogens is 370 g/mol. The number of anilines is 1. The summed E-state index contributed by atoms with van der Waals surface area (Å²) in [6.07, 6.45) is 2.29. The number of aliphatic hydroxyl groups is 1. The zero-order chi connectivity index (χ0) is 18.9. The van der Waals surface area contributed by atoms with Crippen molar-refractivity contribution in [1.82, 2.24) is 9.78 Å². The maximum absolute atomic E-state index is 12.7. The molecule has 0 amide bonds. The lowest BCUT2D eigenvalue weighted by molar-refractivity contribution is 0.103. The van der Waals surface area contributed by atoms with Gasteiger partial charge in [-0.3, -0.25) is 14.3 Å². The Hall–Kier alpha value is -2.10.